The van der Waals surface area contributed by atoms with Crippen LogP contribution in [-0.4, -0.2) is 26.8 Å². The van der Waals surface area contributed by atoms with Crippen LogP contribution in [0.4, 0.5) is 0 Å². The van der Waals surface area contributed by atoms with Crippen molar-refractivity contribution >= 4 is 26.8 Å². The fourth-order valence-electron chi connectivity index (χ4n) is 3.59. The number of benzene rings is 2. The molecule has 31 heavy (non-hydrogen) atoms. The Morgan fingerprint density at radius 3 is 2.61 bits per heavy atom. The first-order chi connectivity index (χ1) is 14.7. The first-order valence-corrected chi connectivity index (χ1v) is 12.0. The molecule has 0 aliphatic heterocycles. The van der Waals surface area contributed by atoms with Crippen molar-refractivity contribution < 1.29 is 13.2 Å². The van der Waals surface area contributed by atoms with E-state index in [4.69, 9.17) is 4.74 Å². The zero-order chi connectivity index (χ0) is 22.6. The molecule has 0 aliphatic carbocycles. The second-order valence-corrected chi connectivity index (χ2v) is 9.85. The number of nitriles is 1. The third kappa shape index (κ3) is 5.31. The van der Waals surface area contributed by atoms with Crippen molar-refractivity contribution in [2.24, 2.45) is 0 Å². The summed E-state index contributed by atoms with van der Waals surface area (Å²) < 4.78 is 28.2. The number of aryl methyl sites for hydroxylation is 1. The van der Waals surface area contributed by atoms with Crippen molar-refractivity contribution in [3.8, 4) is 11.9 Å². The second kappa shape index (κ2) is 8.91. The van der Waals surface area contributed by atoms with E-state index < -0.39 is 15.3 Å². The third-order valence-electron chi connectivity index (χ3n) is 5.33. The van der Waals surface area contributed by atoms with Crippen molar-refractivity contribution in [3.63, 3.8) is 0 Å². The molecule has 0 saturated heterocycles. The molecule has 0 aliphatic rings. The molecule has 0 bridgehead atoms. The summed E-state index contributed by atoms with van der Waals surface area (Å²) >= 11 is 0. The van der Waals surface area contributed by atoms with Crippen molar-refractivity contribution in [3.05, 3.63) is 76.2 Å². The lowest BCUT2D eigenvalue weighted by atomic mass is 9.78. The number of hydrogen-bond acceptors (Lipinski definition) is 5. The van der Waals surface area contributed by atoms with Gasteiger partial charge in [0.2, 0.25) is 5.88 Å². The lowest BCUT2D eigenvalue weighted by Crippen LogP contribution is -2.23. The van der Waals surface area contributed by atoms with Gasteiger partial charge in [0.25, 0.3) is 0 Å². The van der Waals surface area contributed by atoms with E-state index in [1.54, 1.807) is 13.2 Å². The molecule has 0 spiro atoms. The van der Waals surface area contributed by atoms with Gasteiger partial charge in [-0.15, -0.1) is 0 Å². The van der Waals surface area contributed by atoms with E-state index >= 15 is 0 Å². The van der Waals surface area contributed by atoms with Crippen LogP contribution in [-0.2, 0) is 28.1 Å². The van der Waals surface area contributed by atoms with Crippen LogP contribution in [0.25, 0.3) is 17.0 Å². The zero-order valence-electron chi connectivity index (χ0n) is 18.2. The molecule has 160 valence electrons. The lowest BCUT2D eigenvalue weighted by Gasteiger charge is -2.23. The Morgan fingerprint density at radius 1 is 1.19 bits per heavy atom. The van der Waals surface area contributed by atoms with Gasteiger partial charge in [-0.25, -0.2) is 13.4 Å². The van der Waals surface area contributed by atoms with Gasteiger partial charge in [-0.3, -0.25) is 0 Å². The van der Waals surface area contributed by atoms with Crippen LogP contribution in [0, 0.1) is 11.3 Å². The average Bonchev–Trinajstić information content (AvgIpc) is 2.76. The van der Waals surface area contributed by atoms with Crippen LogP contribution in [0.5, 0.6) is 5.88 Å². The summed E-state index contributed by atoms with van der Waals surface area (Å²) in [6.45, 7) is 3.97. The number of ether oxygens (including phenoxy) is 1. The van der Waals surface area contributed by atoms with E-state index in [0.717, 1.165) is 45.8 Å². The zero-order valence-corrected chi connectivity index (χ0v) is 19.0. The van der Waals surface area contributed by atoms with E-state index in [2.05, 4.69) is 24.0 Å². The number of rotatable bonds is 7. The van der Waals surface area contributed by atoms with Crippen LogP contribution >= 0.6 is 0 Å². The smallest absolute Gasteiger partial charge is 0.216 e. The maximum Gasteiger partial charge on any atom is 0.216 e. The minimum atomic E-state index is -3.20. The Kier molecular flexibility index (Phi) is 6.47. The third-order valence-corrected chi connectivity index (χ3v) is 5.96. The molecule has 2 aromatic carbocycles. The van der Waals surface area contributed by atoms with E-state index in [-0.39, 0.29) is 0 Å². The second-order valence-electron chi connectivity index (χ2n) is 7.92. The van der Waals surface area contributed by atoms with Gasteiger partial charge < -0.3 is 4.74 Å². The SMILES string of the molecule is CCc1cc2ccc(C(C)(C#N)Cc3cccc(/C=C/S(C)(=O)=O)c3)cc2nc1OC. The summed E-state index contributed by atoms with van der Waals surface area (Å²) in [7, 11) is -1.59. The number of aromatic nitrogens is 1. The van der Waals surface area contributed by atoms with Crippen LogP contribution in [0.1, 0.15) is 36.1 Å². The highest BCUT2D eigenvalue weighted by Crippen LogP contribution is 2.31. The van der Waals surface area contributed by atoms with Gasteiger partial charge in [-0.1, -0.05) is 43.3 Å². The maximum absolute atomic E-state index is 11.4. The minimum Gasteiger partial charge on any atom is -0.481 e. The largest absolute Gasteiger partial charge is 0.481 e. The Morgan fingerprint density at radius 2 is 1.97 bits per heavy atom. The fraction of sp³-hybridized carbons (Fsp3) is 0.280. The molecule has 3 aromatic rings. The molecular formula is C25H26N2O3S. The number of hydrogen-bond donors (Lipinski definition) is 0. The van der Waals surface area contributed by atoms with Crippen LogP contribution in [0.2, 0.25) is 0 Å². The van der Waals surface area contributed by atoms with Crippen LogP contribution in [0.3, 0.4) is 0 Å². The fourth-order valence-corrected chi connectivity index (χ4v) is 3.99. The van der Waals surface area contributed by atoms with E-state index in [0.29, 0.717) is 12.3 Å². The Bertz CT molecular complexity index is 1290. The number of methoxy groups -OCH3 is 1. The summed E-state index contributed by atoms with van der Waals surface area (Å²) in [5.74, 6) is 0.608. The molecule has 1 atom stereocenters. The highest BCUT2D eigenvalue weighted by Gasteiger charge is 2.27. The van der Waals surface area contributed by atoms with E-state index in [1.165, 1.54) is 5.41 Å². The van der Waals surface area contributed by atoms with Crippen LogP contribution in [0.15, 0.2) is 53.9 Å². The van der Waals surface area contributed by atoms with Gasteiger partial charge in [0.1, 0.15) is 0 Å². The molecule has 0 amide bonds. The summed E-state index contributed by atoms with van der Waals surface area (Å²) in [5.41, 5.74) is 3.67. The summed E-state index contributed by atoms with van der Waals surface area (Å²) in [6.07, 6.45) is 4.04. The molecule has 5 nitrogen and oxygen atoms in total. The molecule has 0 saturated carbocycles. The standard InChI is InChI=1S/C25H26N2O3S/c1-5-20-14-21-9-10-22(15-23(21)27-24(20)30-3)25(2,17-26)16-19-8-6-7-18(13-19)11-12-31(4,28)29/h6-15H,5,16H2,1-4H3/b12-11+. The first kappa shape index (κ1) is 22.5. The molecule has 1 unspecified atom stereocenters. The number of pyridine rings is 1. The molecule has 6 heteroatoms. The van der Waals surface area contributed by atoms with Crippen molar-refractivity contribution in [1.82, 2.24) is 4.98 Å². The summed E-state index contributed by atoms with van der Waals surface area (Å²) in [6, 6.07) is 18.0. The van der Waals surface area contributed by atoms with Gasteiger partial charge in [0.15, 0.2) is 9.84 Å². The molecule has 0 N–H and O–H groups in total. The summed E-state index contributed by atoms with van der Waals surface area (Å²) in [4.78, 5) is 4.64. The van der Waals surface area contributed by atoms with Gasteiger partial charge in [0.05, 0.1) is 24.1 Å². The monoisotopic (exact) mass is 434 g/mol. The van der Waals surface area contributed by atoms with E-state index in [9.17, 15) is 13.7 Å². The average molecular weight is 435 g/mol. The molecule has 0 fully saturated rings. The topological polar surface area (TPSA) is 80.0 Å². The number of nitrogens with zero attached hydrogens (tertiary/aromatic N) is 2. The Labute approximate surface area is 183 Å². The Hall–Kier alpha value is -3.17. The van der Waals surface area contributed by atoms with Gasteiger partial charge >= 0.3 is 0 Å². The molecule has 3 rings (SSSR count). The minimum absolute atomic E-state index is 0.486. The Balaban J connectivity index is 1.98. The molecule has 0 radical (unpaired) electrons. The highest BCUT2D eigenvalue weighted by atomic mass is 32.2. The predicted molar refractivity (Wildman–Crippen MR) is 125 cm³/mol. The van der Waals surface area contributed by atoms with Crippen molar-refractivity contribution in [2.45, 2.75) is 32.1 Å². The van der Waals surface area contributed by atoms with Gasteiger partial charge in [0, 0.05) is 22.6 Å². The maximum atomic E-state index is 11.4. The number of fused-ring (bicyclic) bond motifs is 1. The quantitative estimate of drug-likeness (QED) is 0.531. The van der Waals surface area contributed by atoms with Crippen LogP contribution < -0.4 is 4.74 Å². The molecule has 1 aromatic heterocycles. The lowest BCUT2D eigenvalue weighted by molar-refractivity contribution is 0.395. The van der Waals surface area contributed by atoms with Gasteiger partial charge in [-0.05, 0) is 54.7 Å². The summed E-state index contributed by atoms with van der Waals surface area (Å²) in [5, 5.41) is 12.2. The first-order valence-electron chi connectivity index (χ1n) is 10.0. The normalized spacial score (nSPS) is 13.8. The van der Waals surface area contributed by atoms with Gasteiger partial charge in [-0.2, -0.15) is 5.26 Å². The number of sulfone groups is 1. The predicted octanol–water partition coefficient (Wildman–Crippen LogP) is 4.85. The molecular weight excluding hydrogens is 408 g/mol. The van der Waals surface area contributed by atoms with Crippen molar-refractivity contribution in [2.75, 3.05) is 13.4 Å². The molecule has 1 heterocycles. The van der Waals surface area contributed by atoms with Crippen molar-refractivity contribution in [1.29, 1.82) is 5.26 Å². The highest BCUT2D eigenvalue weighted by molar-refractivity contribution is 7.93. The van der Waals surface area contributed by atoms with E-state index in [1.807, 2.05) is 49.4 Å².